The summed E-state index contributed by atoms with van der Waals surface area (Å²) in [6.45, 7) is 0. The molecule has 4 nitrogen and oxygen atoms in total. The fourth-order valence-corrected chi connectivity index (χ4v) is 2.50. The molecule has 1 heterocycles. The first kappa shape index (κ1) is 15.8. The molecule has 0 aliphatic heterocycles. The Hall–Kier alpha value is -1.62. The fraction of sp³-hybridized carbons (Fsp3) is 0.312. The second-order valence-electron chi connectivity index (χ2n) is 4.92. The van der Waals surface area contributed by atoms with Gasteiger partial charge in [0.2, 0.25) is 0 Å². The van der Waals surface area contributed by atoms with Crippen molar-refractivity contribution in [1.29, 1.82) is 0 Å². The van der Waals surface area contributed by atoms with Gasteiger partial charge in [0, 0.05) is 23.5 Å². The van der Waals surface area contributed by atoms with E-state index >= 15 is 0 Å². The Morgan fingerprint density at radius 2 is 2.05 bits per heavy atom. The number of methoxy groups -OCH3 is 1. The zero-order valence-electron chi connectivity index (χ0n) is 12.1. The summed E-state index contributed by atoms with van der Waals surface area (Å²) in [4.78, 5) is 4.02. The SMILES string of the molecule is COc1ccc(Cl)cc1CC(CCc1ccncc1)NN. The molecule has 0 aliphatic carbocycles. The second kappa shape index (κ2) is 7.98. The van der Waals surface area contributed by atoms with Crippen LogP contribution in [0.3, 0.4) is 0 Å². The molecule has 1 unspecified atom stereocenters. The van der Waals surface area contributed by atoms with Crippen LogP contribution in [-0.2, 0) is 12.8 Å². The largest absolute Gasteiger partial charge is 0.496 e. The van der Waals surface area contributed by atoms with E-state index in [1.165, 1.54) is 5.56 Å². The van der Waals surface area contributed by atoms with E-state index in [1.807, 2.05) is 30.3 Å². The lowest BCUT2D eigenvalue weighted by Crippen LogP contribution is -2.37. The molecule has 0 radical (unpaired) electrons. The summed E-state index contributed by atoms with van der Waals surface area (Å²) >= 11 is 6.06. The molecule has 0 saturated heterocycles. The summed E-state index contributed by atoms with van der Waals surface area (Å²) in [5.41, 5.74) is 5.19. The summed E-state index contributed by atoms with van der Waals surface area (Å²) in [6, 6.07) is 9.84. The van der Waals surface area contributed by atoms with Gasteiger partial charge in [-0.25, -0.2) is 0 Å². The van der Waals surface area contributed by atoms with Crippen molar-refractivity contribution in [2.75, 3.05) is 7.11 Å². The van der Waals surface area contributed by atoms with Crippen molar-refractivity contribution in [3.8, 4) is 5.75 Å². The van der Waals surface area contributed by atoms with Crippen molar-refractivity contribution in [1.82, 2.24) is 10.4 Å². The molecule has 0 saturated carbocycles. The van der Waals surface area contributed by atoms with Crippen LogP contribution in [0.1, 0.15) is 17.5 Å². The van der Waals surface area contributed by atoms with Crippen LogP contribution in [0.5, 0.6) is 5.75 Å². The number of nitrogens with one attached hydrogen (secondary N) is 1. The highest BCUT2D eigenvalue weighted by Crippen LogP contribution is 2.24. The molecule has 2 rings (SSSR count). The number of halogens is 1. The quantitative estimate of drug-likeness (QED) is 0.610. The molecule has 1 atom stereocenters. The molecule has 0 fully saturated rings. The third-order valence-electron chi connectivity index (χ3n) is 3.48. The smallest absolute Gasteiger partial charge is 0.122 e. The number of hydrazine groups is 1. The summed E-state index contributed by atoms with van der Waals surface area (Å²) in [6.07, 6.45) is 6.25. The Balaban J connectivity index is 2.00. The third-order valence-corrected chi connectivity index (χ3v) is 3.71. The molecule has 3 N–H and O–H groups in total. The summed E-state index contributed by atoms with van der Waals surface area (Å²) in [5.74, 6) is 6.51. The van der Waals surface area contributed by atoms with Crippen LogP contribution in [0, 0.1) is 0 Å². The topological polar surface area (TPSA) is 60.2 Å². The lowest BCUT2D eigenvalue weighted by atomic mass is 9.99. The monoisotopic (exact) mass is 305 g/mol. The van der Waals surface area contributed by atoms with Gasteiger partial charge in [-0.2, -0.15) is 0 Å². The summed E-state index contributed by atoms with van der Waals surface area (Å²) in [5, 5.41) is 0.704. The van der Waals surface area contributed by atoms with Crippen LogP contribution in [0.25, 0.3) is 0 Å². The van der Waals surface area contributed by atoms with Crippen molar-refractivity contribution in [2.24, 2.45) is 5.84 Å². The highest BCUT2D eigenvalue weighted by molar-refractivity contribution is 6.30. The second-order valence-corrected chi connectivity index (χ2v) is 5.35. The van der Waals surface area contributed by atoms with Gasteiger partial charge in [0.1, 0.15) is 5.75 Å². The number of ether oxygens (including phenoxy) is 1. The van der Waals surface area contributed by atoms with Crippen LogP contribution in [0.15, 0.2) is 42.7 Å². The Kier molecular flexibility index (Phi) is 5.99. The van der Waals surface area contributed by atoms with Crippen LogP contribution >= 0.6 is 11.6 Å². The van der Waals surface area contributed by atoms with Gasteiger partial charge in [0.25, 0.3) is 0 Å². The Morgan fingerprint density at radius 3 is 2.71 bits per heavy atom. The maximum absolute atomic E-state index is 6.06. The Bertz CT molecular complexity index is 563. The Labute approximate surface area is 130 Å². The van der Waals surface area contributed by atoms with Gasteiger partial charge < -0.3 is 4.74 Å². The molecule has 0 aliphatic rings. The van der Waals surface area contributed by atoms with Crippen molar-refractivity contribution in [3.63, 3.8) is 0 Å². The molecule has 0 amide bonds. The van der Waals surface area contributed by atoms with E-state index in [0.29, 0.717) is 5.02 Å². The maximum atomic E-state index is 6.06. The average molecular weight is 306 g/mol. The number of hydrogen-bond acceptors (Lipinski definition) is 4. The zero-order valence-corrected chi connectivity index (χ0v) is 12.8. The molecule has 1 aromatic heterocycles. The van der Waals surface area contributed by atoms with Gasteiger partial charge in [0.15, 0.2) is 0 Å². The van der Waals surface area contributed by atoms with E-state index in [9.17, 15) is 0 Å². The van der Waals surface area contributed by atoms with Crippen LogP contribution in [-0.4, -0.2) is 18.1 Å². The molecular formula is C16H20ClN3O. The third kappa shape index (κ3) is 4.70. The minimum Gasteiger partial charge on any atom is -0.496 e. The highest BCUT2D eigenvalue weighted by Gasteiger charge is 2.12. The predicted molar refractivity (Wildman–Crippen MR) is 85.4 cm³/mol. The number of benzene rings is 1. The number of hydrogen-bond donors (Lipinski definition) is 2. The zero-order chi connectivity index (χ0) is 15.1. The van der Waals surface area contributed by atoms with E-state index < -0.39 is 0 Å². The lowest BCUT2D eigenvalue weighted by molar-refractivity contribution is 0.403. The first-order valence-corrected chi connectivity index (χ1v) is 7.28. The molecule has 2 aromatic rings. The molecule has 21 heavy (non-hydrogen) atoms. The highest BCUT2D eigenvalue weighted by atomic mass is 35.5. The van der Waals surface area contributed by atoms with Gasteiger partial charge in [-0.05, 0) is 60.7 Å². The van der Waals surface area contributed by atoms with Gasteiger partial charge in [-0.1, -0.05) is 11.6 Å². The van der Waals surface area contributed by atoms with E-state index in [4.69, 9.17) is 22.2 Å². The molecule has 0 bridgehead atoms. The van der Waals surface area contributed by atoms with Crippen LogP contribution in [0.4, 0.5) is 0 Å². The average Bonchev–Trinajstić information content (AvgIpc) is 2.52. The van der Waals surface area contributed by atoms with Crippen molar-refractivity contribution in [3.05, 3.63) is 58.9 Å². The summed E-state index contributed by atoms with van der Waals surface area (Å²) in [7, 11) is 1.66. The van der Waals surface area contributed by atoms with Crippen molar-refractivity contribution >= 4 is 11.6 Å². The van der Waals surface area contributed by atoms with E-state index in [2.05, 4.69) is 10.4 Å². The summed E-state index contributed by atoms with van der Waals surface area (Å²) < 4.78 is 5.37. The lowest BCUT2D eigenvalue weighted by Gasteiger charge is -2.18. The van der Waals surface area contributed by atoms with Gasteiger partial charge in [0.05, 0.1) is 7.11 Å². The Morgan fingerprint density at radius 1 is 1.29 bits per heavy atom. The standard InChI is InChI=1S/C16H20ClN3O/c1-21-16-5-3-14(17)10-13(16)11-15(20-18)4-2-12-6-8-19-9-7-12/h3,5-10,15,20H,2,4,11,18H2,1H3. The van der Waals surface area contributed by atoms with Gasteiger partial charge in [-0.15, -0.1) is 0 Å². The molecule has 112 valence electrons. The number of nitrogens with two attached hydrogens (primary N) is 1. The maximum Gasteiger partial charge on any atom is 0.122 e. The van der Waals surface area contributed by atoms with Crippen LogP contribution < -0.4 is 16.0 Å². The number of pyridine rings is 1. The molecular weight excluding hydrogens is 286 g/mol. The molecule has 5 heteroatoms. The van der Waals surface area contributed by atoms with E-state index in [0.717, 1.165) is 30.6 Å². The first-order chi connectivity index (χ1) is 10.2. The fourth-order valence-electron chi connectivity index (χ4n) is 2.31. The number of aromatic nitrogens is 1. The van der Waals surface area contributed by atoms with Crippen molar-refractivity contribution < 1.29 is 4.74 Å². The minimum absolute atomic E-state index is 0.158. The minimum atomic E-state index is 0.158. The normalized spacial score (nSPS) is 12.1. The number of aryl methyl sites for hydroxylation is 1. The predicted octanol–water partition coefficient (Wildman–Crippen LogP) is 2.75. The van der Waals surface area contributed by atoms with Gasteiger partial charge >= 0.3 is 0 Å². The molecule has 0 spiro atoms. The number of nitrogens with zero attached hydrogens (tertiary/aromatic N) is 1. The van der Waals surface area contributed by atoms with E-state index in [-0.39, 0.29) is 6.04 Å². The van der Waals surface area contributed by atoms with Gasteiger partial charge in [-0.3, -0.25) is 16.3 Å². The van der Waals surface area contributed by atoms with Crippen LogP contribution in [0.2, 0.25) is 5.02 Å². The number of rotatable bonds is 7. The van der Waals surface area contributed by atoms with E-state index in [1.54, 1.807) is 19.5 Å². The molecule has 1 aromatic carbocycles. The first-order valence-electron chi connectivity index (χ1n) is 6.90. The van der Waals surface area contributed by atoms with Crippen molar-refractivity contribution in [2.45, 2.75) is 25.3 Å².